The fourth-order valence-corrected chi connectivity index (χ4v) is 3.48. The van der Waals surface area contributed by atoms with Gasteiger partial charge in [0.15, 0.2) is 0 Å². The average Bonchev–Trinajstić information content (AvgIpc) is 2.60. The van der Waals surface area contributed by atoms with E-state index < -0.39 is 12.2 Å². The molecule has 0 saturated heterocycles. The maximum atomic E-state index is 11.7. The van der Waals surface area contributed by atoms with E-state index >= 15 is 0 Å². The van der Waals surface area contributed by atoms with Gasteiger partial charge in [0.2, 0.25) is 0 Å². The fourth-order valence-electron chi connectivity index (χ4n) is 2.33. The van der Waals surface area contributed by atoms with E-state index in [1.165, 1.54) is 0 Å². The first-order valence-electron chi connectivity index (χ1n) is 8.40. The lowest BCUT2D eigenvalue weighted by molar-refractivity contribution is 0.129. The predicted octanol–water partition coefficient (Wildman–Crippen LogP) is 4.49. The van der Waals surface area contributed by atoms with Gasteiger partial charge in [-0.2, -0.15) is 0 Å². The third-order valence-corrected chi connectivity index (χ3v) is 5.11. The van der Waals surface area contributed by atoms with Gasteiger partial charge in [-0.25, -0.2) is 4.79 Å². The maximum absolute atomic E-state index is 11.7. The average molecular weight is 359 g/mol. The zero-order valence-corrected chi connectivity index (χ0v) is 15.5. The first-order valence-corrected chi connectivity index (χ1v) is 9.22. The molecule has 2 aromatic carbocycles. The van der Waals surface area contributed by atoms with Gasteiger partial charge in [0.25, 0.3) is 0 Å². The zero-order valence-electron chi connectivity index (χ0n) is 14.6. The summed E-state index contributed by atoms with van der Waals surface area (Å²) in [7, 11) is 0. The molecule has 2 rings (SSSR count). The molecular weight excluding hydrogens is 334 g/mol. The molecule has 134 valence electrons. The Morgan fingerprint density at radius 3 is 2.36 bits per heavy atom. The number of amides is 1. The largest absolute Gasteiger partial charge is 0.412 e. The first kappa shape index (κ1) is 19.3. The van der Waals surface area contributed by atoms with Gasteiger partial charge in [0.1, 0.15) is 5.75 Å². The molecule has 1 amide bonds. The van der Waals surface area contributed by atoms with Crippen molar-refractivity contribution in [3.8, 4) is 5.75 Å². The predicted molar refractivity (Wildman–Crippen MR) is 102 cm³/mol. The Balaban J connectivity index is 1.69. The summed E-state index contributed by atoms with van der Waals surface area (Å²) in [6.07, 6.45) is 0.353. The van der Waals surface area contributed by atoms with Crippen molar-refractivity contribution in [3.05, 3.63) is 60.7 Å². The second kappa shape index (κ2) is 9.49. The van der Waals surface area contributed by atoms with E-state index in [0.29, 0.717) is 25.1 Å². The normalized spacial score (nSPS) is 12.4. The summed E-state index contributed by atoms with van der Waals surface area (Å²) in [5.74, 6) is 0.514. The molecular formula is C20H25NO3S. The van der Waals surface area contributed by atoms with Crippen LogP contribution in [-0.4, -0.2) is 28.6 Å². The molecule has 0 radical (unpaired) electrons. The number of rotatable bonds is 8. The lowest BCUT2D eigenvalue weighted by Crippen LogP contribution is -2.34. The number of ether oxygens (including phenoxy) is 1. The number of aliphatic hydroxyl groups excluding tert-OH is 1. The molecule has 0 bridgehead atoms. The van der Waals surface area contributed by atoms with E-state index in [-0.39, 0.29) is 4.75 Å². The van der Waals surface area contributed by atoms with Crippen LogP contribution in [0.4, 0.5) is 4.79 Å². The Kier molecular flexibility index (Phi) is 7.34. The third kappa shape index (κ3) is 6.80. The molecule has 1 unspecified atom stereocenters. The lowest BCUT2D eigenvalue weighted by atomic mass is 10.0. The van der Waals surface area contributed by atoms with E-state index in [1.54, 1.807) is 23.9 Å². The van der Waals surface area contributed by atoms with Crippen LogP contribution in [0.3, 0.4) is 0 Å². The van der Waals surface area contributed by atoms with Gasteiger partial charge in [-0.05, 0) is 51.0 Å². The van der Waals surface area contributed by atoms with E-state index in [1.807, 2.05) is 62.4 Å². The molecule has 5 heteroatoms. The van der Waals surface area contributed by atoms with Gasteiger partial charge in [0, 0.05) is 16.2 Å². The molecule has 25 heavy (non-hydrogen) atoms. The van der Waals surface area contributed by atoms with Gasteiger partial charge < -0.3 is 15.2 Å². The Labute approximate surface area is 153 Å². The van der Waals surface area contributed by atoms with Crippen molar-refractivity contribution in [2.45, 2.75) is 42.4 Å². The summed E-state index contributed by atoms with van der Waals surface area (Å²) in [6.45, 7) is 4.54. The summed E-state index contributed by atoms with van der Waals surface area (Å²) in [6, 6.07) is 19.0. The van der Waals surface area contributed by atoms with Gasteiger partial charge >= 0.3 is 6.09 Å². The topological polar surface area (TPSA) is 58.6 Å². The Morgan fingerprint density at radius 2 is 1.72 bits per heavy atom. The summed E-state index contributed by atoms with van der Waals surface area (Å²) in [4.78, 5) is 12.8. The molecule has 0 aromatic heterocycles. The molecule has 1 atom stereocenters. The van der Waals surface area contributed by atoms with Crippen molar-refractivity contribution in [3.63, 3.8) is 0 Å². The smallest absolute Gasteiger partial charge is 0.410 e. The van der Waals surface area contributed by atoms with Gasteiger partial charge in [-0.1, -0.05) is 36.4 Å². The second-order valence-corrected chi connectivity index (χ2v) is 8.03. The number of carbonyl (C=O) groups is 1. The van der Waals surface area contributed by atoms with E-state index in [2.05, 4.69) is 5.32 Å². The van der Waals surface area contributed by atoms with Crippen LogP contribution in [0.2, 0.25) is 0 Å². The lowest BCUT2D eigenvalue weighted by Gasteiger charge is -2.30. The molecule has 0 aliphatic rings. The van der Waals surface area contributed by atoms with E-state index in [9.17, 15) is 9.90 Å². The molecule has 0 fully saturated rings. The Morgan fingerprint density at radius 1 is 1.12 bits per heavy atom. The number of para-hydroxylation sites is 1. The highest BCUT2D eigenvalue weighted by molar-refractivity contribution is 8.00. The van der Waals surface area contributed by atoms with E-state index in [4.69, 9.17) is 4.74 Å². The highest BCUT2D eigenvalue weighted by Gasteiger charge is 2.28. The number of nitrogens with one attached hydrogen (secondary N) is 1. The highest BCUT2D eigenvalue weighted by Crippen LogP contribution is 2.36. The molecule has 0 aliphatic carbocycles. The van der Waals surface area contributed by atoms with Crippen molar-refractivity contribution >= 4 is 17.9 Å². The van der Waals surface area contributed by atoms with Crippen LogP contribution in [0.25, 0.3) is 0 Å². The van der Waals surface area contributed by atoms with Crippen molar-refractivity contribution in [1.29, 1.82) is 0 Å². The number of carbonyl (C=O) groups excluding carboxylic acids is 1. The molecule has 0 saturated carbocycles. The molecule has 0 aliphatic heterocycles. The van der Waals surface area contributed by atoms with E-state index in [0.717, 1.165) is 4.90 Å². The molecule has 4 nitrogen and oxygen atoms in total. The molecule has 2 aromatic rings. The monoisotopic (exact) mass is 359 g/mol. The minimum atomic E-state index is -0.474. The minimum absolute atomic E-state index is 0.300. The van der Waals surface area contributed by atoms with Crippen molar-refractivity contribution < 1.29 is 14.6 Å². The molecule has 0 spiro atoms. The standard InChI is InChI=1S/C20H25NO3S/c1-20(2,25-17-12-7-4-8-13-17)18(22)14-9-15-21-19(23)24-16-10-5-3-6-11-16/h3-8,10-13,18,22H,9,14-15H2,1-2H3,(H,21,23). The molecule has 0 heterocycles. The van der Waals surface area contributed by atoms with Crippen LogP contribution in [0.5, 0.6) is 5.75 Å². The second-order valence-electron chi connectivity index (χ2n) is 6.31. The number of benzene rings is 2. The van der Waals surface area contributed by atoms with Crippen molar-refractivity contribution in [1.82, 2.24) is 5.32 Å². The van der Waals surface area contributed by atoms with Crippen LogP contribution >= 0.6 is 11.8 Å². The Hall–Kier alpha value is -1.98. The van der Waals surface area contributed by atoms with Gasteiger partial charge in [-0.3, -0.25) is 0 Å². The number of aliphatic hydroxyl groups is 1. The van der Waals surface area contributed by atoms with Crippen LogP contribution in [0.1, 0.15) is 26.7 Å². The summed E-state index contributed by atoms with van der Waals surface area (Å²) in [5, 5.41) is 13.2. The first-order chi connectivity index (χ1) is 12.0. The van der Waals surface area contributed by atoms with Crippen molar-refractivity contribution in [2.75, 3.05) is 6.54 Å². The van der Waals surface area contributed by atoms with Gasteiger partial charge in [0.05, 0.1) is 6.10 Å². The highest BCUT2D eigenvalue weighted by atomic mass is 32.2. The quantitative estimate of drug-likeness (QED) is 0.539. The number of hydrogen-bond acceptors (Lipinski definition) is 4. The third-order valence-electron chi connectivity index (χ3n) is 3.80. The number of hydrogen-bond donors (Lipinski definition) is 2. The summed E-state index contributed by atoms with van der Waals surface area (Å²) < 4.78 is 4.85. The summed E-state index contributed by atoms with van der Waals surface area (Å²) >= 11 is 1.66. The van der Waals surface area contributed by atoms with Crippen LogP contribution in [-0.2, 0) is 0 Å². The molecule has 2 N–H and O–H groups in total. The summed E-state index contributed by atoms with van der Waals surface area (Å²) in [5.41, 5.74) is 0. The maximum Gasteiger partial charge on any atom is 0.412 e. The van der Waals surface area contributed by atoms with Crippen molar-refractivity contribution in [2.24, 2.45) is 0 Å². The zero-order chi connectivity index (χ0) is 18.1. The number of thioether (sulfide) groups is 1. The fraction of sp³-hybridized carbons (Fsp3) is 0.350. The SMILES string of the molecule is CC(C)(Sc1ccccc1)C(O)CCCNC(=O)Oc1ccccc1. The Bertz CT molecular complexity index is 647. The van der Waals surface area contributed by atoms with Crippen LogP contribution in [0.15, 0.2) is 65.6 Å². The minimum Gasteiger partial charge on any atom is -0.410 e. The van der Waals surface area contributed by atoms with Crippen LogP contribution in [0, 0.1) is 0 Å². The van der Waals surface area contributed by atoms with Crippen LogP contribution < -0.4 is 10.1 Å². The van der Waals surface area contributed by atoms with Gasteiger partial charge in [-0.15, -0.1) is 11.8 Å².